The van der Waals surface area contributed by atoms with Gasteiger partial charge in [-0.1, -0.05) is 12.1 Å². The van der Waals surface area contributed by atoms with E-state index in [0.717, 1.165) is 25.0 Å². The molecule has 0 saturated heterocycles. The molecule has 0 spiro atoms. The van der Waals surface area contributed by atoms with Crippen LogP contribution in [0.1, 0.15) is 43.9 Å². The first kappa shape index (κ1) is 21.8. The highest BCUT2D eigenvalue weighted by Gasteiger charge is 2.33. The Hall–Kier alpha value is -2.45. The topological polar surface area (TPSA) is 74.8 Å². The summed E-state index contributed by atoms with van der Waals surface area (Å²) in [6.45, 7) is 4.25. The zero-order chi connectivity index (χ0) is 20.7. The van der Waals surface area contributed by atoms with Gasteiger partial charge in [0, 0.05) is 13.6 Å². The molecule has 3 N–H and O–H groups in total. The molecule has 2 atom stereocenters. The maximum atomic E-state index is 12.9. The molecule has 1 aromatic carbocycles. The first-order chi connectivity index (χ1) is 13.2. The third-order valence-electron chi connectivity index (χ3n) is 4.55. The van der Waals surface area contributed by atoms with Crippen molar-refractivity contribution in [2.24, 2.45) is 10.9 Å². The van der Waals surface area contributed by atoms with Crippen LogP contribution in [0.3, 0.4) is 0 Å². The fourth-order valence-corrected chi connectivity index (χ4v) is 2.83. The monoisotopic (exact) mass is 400 g/mol. The van der Waals surface area contributed by atoms with Crippen molar-refractivity contribution in [2.75, 3.05) is 20.2 Å². The molecule has 1 fully saturated rings. The normalized spacial score (nSPS) is 16.9. The molecule has 2 rings (SSSR count). The number of amides is 1. The zero-order valence-electron chi connectivity index (χ0n) is 16.3. The first-order valence-corrected chi connectivity index (χ1v) is 9.32. The zero-order valence-corrected chi connectivity index (χ0v) is 16.3. The van der Waals surface area contributed by atoms with Crippen molar-refractivity contribution in [3.8, 4) is 0 Å². The van der Waals surface area contributed by atoms with Gasteiger partial charge in [-0.15, -0.1) is 0 Å². The second kappa shape index (κ2) is 9.66. The van der Waals surface area contributed by atoms with Crippen molar-refractivity contribution in [1.82, 2.24) is 16.0 Å². The van der Waals surface area contributed by atoms with Crippen LogP contribution in [0.25, 0.3) is 0 Å². The number of alkyl carbamates (subject to hydrolysis) is 1. The number of hydrogen-bond acceptors (Lipinski definition) is 3. The molecule has 1 aromatic rings. The van der Waals surface area contributed by atoms with Gasteiger partial charge < -0.3 is 20.7 Å². The molecule has 9 heteroatoms. The number of guanidine groups is 1. The summed E-state index contributed by atoms with van der Waals surface area (Å²) in [4.78, 5) is 15.8. The number of hydrogen-bond donors (Lipinski definition) is 3. The van der Waals surface area contributed by atoms with Crippen molar-refractivity contribution >= 4 is 12.1 Å². The molecule has 0 heterocycles. The summed E-state index contributed by atoms with van der Waals surface area (Å²) in [5.74, 6) is 0.831. The molecule has 1 saturated carbocycles. The Morgan fingerprint density at radius 1 is 1.32 bits per heavy atom. The van der Waals surface area contributed by atoms with Crippen LogP contribution < -0.4 is 16.0 Å². The van der Waals surface area contributed by atoms with Crippen LogP contribution >= 0.6 is 0 Å². The number of carbonyl (C=O) groups is 1. The van der Waals surface area contributed by atoms with Crippen LogP contribution in [0.15, 0.2) is 29.3 Å². The lowest BCUT2D eigenvalue weighted by atomic mass is 10.1. The number of alkyl halides is 3. The van der Waals surface area contributed by atoms with E-state index in [1.54, 1.807) is 27.0 Å². The third-order valence-corrected chi connectivity index (χ3v) is 4.55. The number of ether oxygens (including phenoxy) is 1. The van der Waals surface area contributed by atoms with Gasteiger partial charge in [0.05, 0.1) is 24.3 Å². The predicted octanol–water partition coefficient (Wildman–Crippen LogP) is 3.46. The Labute approximate surface area is 162 Å². The minimum Gasteiger partial charge on any atom is -0.450 e. The Bertz CT molecular complexity index is 690. The van der Waals surface area contributed by atoms with E-state index in [9.17, 15) is 18.0 Å². The summed E-state index contributed by atoms with van der Waals surface area (Å²) < 4.78 is 43.7. The largest absolute Gasteiger partial charge is 0.450 e. The summed E-state index contributed by atoms with van der Waals surface area (Å²) in [5.41, 5.74) is -0.185. The number of nitrogens with zero attached hydrogens (tertiary/aromatic N) is 1. The number of benzene rings is 1. The number of carbonyl (C=O) groups excluding carboxylic acids is 1. The Morgan fingerprint density at radius 3 is 2.61 bits per heavy atom. The molecular weight excluding hydrogens is 373 g/mol. The maximum Gasteiger partial charge on any atom is 0.416 e. The van der Waals surface area contributed by atoms with Crippen molar-refractivity contribution < 1.29 is 22.7 Å². The van der Waals surface area contributed by atoms with Gasteiger partial charge in [0.1, 0.15) is 0 Å². The average molecular weight is 400 g/mol. The summed E-state index contributed by atoms with van der Waals surface area (Å²) >= 11 is 0. The van der Waals surface area contributed by atoms with Crippen molar-refractivity contribution in [3.05, 3.63) is 35.4 Å². The quantitative estimate of drug-likeness (QED) is 0.484. The van der Waals surface area contributed by atoms with Crippen LogP contribution in [-0.2, 0) is 10.9 Å². The minimum absolute atomic E-state index is 0.0959. The fourth-order valence-electron chi connectivity index (χ4n) is 2.83. The lowest BCUT2D eigenvalue weighted by Crippen LogP contribution is -2.48. The average Bonchev–Trinajstić information content (AvgIpc) is 3.48. The van der Waals surface area contributed by atoms with Gasteiger partial charge in [-0.3, -0.25) is 4.99 Å². The van der Waals surface area contributed by atoms with E-state index in [-0.39, 0.29) is 12.1 Å². The van der Waals surface area contributed by atoms with Gasteiger partial charge in [-0.05, 0) is 50.3 Å². The van der Waals surface area contributed by atoms with Gasteiger partial charge in [0.25, 0.3) is 0 Å². The van der Waals surface area contributed by atoms with Crippen molar-refractivity contribution in [1.29, 1.82) is 0 Å². The summed E-state index contributed by atoms with van der Waals surface area (Å²) in [5, 5.41) is 9.05. The van der Waals surface area contributed by atoms with Crippen LogP contribution in [0.5, 0.6) is 0 Å². The number of halogens is 3. The highest BCUT2D eigenvalue weighted by Crippen LogP contribution is 2.32. The van der Waals surface area contributed by atoms with Gasteiger partial charge >= 0.3 is 12.3 Å². The summed E-state index contributed by atoms with van der Waals surface area (Å²) in [6.07, 6.45) is -2.77. The third kappa shape index (κ3) is 6.61. The van der Waals surface area contributed by atoms with Crippen LogP contribution in [0.2, 0.25) is 0 Å². The lowest BCUT2D eigenvalue weighted by Gasteiger charge is -2.22. The smallest absolute Gasteiger partial charge is 0.416 e. The molecule has 1 amide bonds. The van der Waals surface area contributed by atoms with Gasteiger partial charge in [-0.2, -0.15) is 13.2 Å². The fraction of sp³-hybridized carbons (Fsp3) is 0.579. The molecule has 0 aliphatic heterocycles. The van der Waals surface area contributed by atoms with Crippen LogP contribution in [0.4, 0.5) is 18.0 Å². The van der Waals surface area contributed by atoms with E-state index < -0.39 is 17.8 Å². The second-order valence-corrected chi connectivity index (χ2v) is 6.75. The Kier molecular flexibility index (Phi) is 7.53. The van der Waals surface area contributed by atoms with Gasteiger partial charge in [0.2, 0.25) is 0 Å². The molecule has 1 aliphatic carbocycles. The van der Waals surface area contributed by atoms with E-state index in [1.807, 2.05) is 0 Å². The summed E-state index contributed by atoms with van der Waals surface area (Å²) in [7, 11) is 1.58. The molecular formula is C19H27F3N4O2. The summed E-state index contributed by atoms with van der Waals surface area (Å²) in [6, 6.07) is 4.71. The molecule has 28 heavy (non-hydrogen) atoms. The van der Waals surface area contributed by atoms with E-state index in [4.69, 9.17) is 4.74 Å². The van der Waals surface area contributed by atoms with E-state index >= 15 is 0 Å². The van der Waals surface area contributed by atoms with Crippen LogP contribution in [0, 0.1) is 5.92 Å². The minimum atomic E-state index is -4.38. The van der Waals surface area contributed by atoms with Gasteiger partial charge in [-0.25, -0.2) is 4.79 Å². The highest BCUT2D eigenvalue weighted by molar-refractivity contribution is 5.80. The van der Waals surface area contributed by atoms with Crippen LogP contribution in [-0.4, -0.2) is 38.3 Å². The molecule has 2 unspecified atom stereocenters. The molecule has 156 valence electrons. The van der Waals surface area contributed by atoms with E-state index in [0.29, 0.717) is 30.6 Å². The Morgan fingerprint density at radius 2 is 2.04 bits per heavy atom. The lowest BCUT2D eigenvalue weighted by molar-refractivity contribution is -0.137. The Balaban J connectivity index is 1.93. The number of aliphatic imine (C=N–C) groups is 1. The SMILES string of the molecule is CCOC(=O)NC(CNC(=NC)NC(C)c1cccc(C(F)(F)F)c1)C1CC1. The first-order valence-electron chi connectivity index (χ1n) is 9.32. The molecule has 6 nitrogen and oxygen atoms in total. The maximum absolute atomic E-state index is 12.9. The molecule has 0 bridgehead atoms. The van der Waals surface area contributed by atoms with E-state index in [2.05, 4.69) is 20.9 Å². The van der Waals surface area contributed by atoms with Crippen molar-refractivity contribution in [3.63, 3.8) is 0 Å². The highest BCUT2D eigenvalue weighted by atomic mass is 19.4. The second-order valence-electron chi connectivity index (χ2n) is 6.75. The molecule has 0 radical (unpaired) electrons. The number of nitrogens with one attached hydrogen (secondary N) is 3. The number of rotatable bonds is 7. The molecule has 0 aromatic heterocycles. The van der Waals surface area contributed by atoms with Crippen molar-refractivity contribution in [2.45, 2.75) is 44.9 Å². The standard InChI is InChI=1S/C19H27F3N4O2/c1-4-28-18(27)26-16(13-8-9-13)11-24-17(23-3)25-12(2)14-6-5-7-15(10-14)19(20,21)22/h5-7,10,12-13,16H,4,8-9,11H2,1-3H3,(H,26,27)(H2,23,24,25). The molecule has 1 aliphatic rings. The van der Waals surface area contributed by atoms with Gasteiger partial charge in [0.15, 0.2) is 5.96 Å². The predicted molar refractivity (Wildman–Crippen MR) is 101 cm³/mol. The van der Waals surface area contributed by atoms with E-state index in [1.165, 1.54) is 6.07 Å².